The summed E-state index contributed by atoms with van der Waals surface area (Å²) in [5, 5.41) is 7.23. The lowest BCUT2D eigenvalue weighted by atomic mass is 10.1. The van der Waals surface area contributed by atoms with Crippen molar-refractivity contribution in [2.24, 2.45) is 13.0 Å². The van der Waals surface area contributed by atoms with Crippen molar-refractivity contribution in [3.63, 3.8) is 0 Å². The first kappa shape index (κ1) is 19.6. The van der Waals surface area contributed by atoms with Gasteiger partial charge in [0.15, 0.2) is 5.82 Å². The summed E-state index contributed by atoms with van der Waals surface area (Å²) in [5.74, 6) is -0.0753. The van der Waals surface area contributed by atoms with E-state index in [0.29, 0.717) is 12.4 Å². The molecule has 0 aliphatic carbocycles. The quantitative estimate of drug-likeness (QED) is 0.672. The molecule has 0 radical (unpaired) electrons. The summed E-state index contributed by atoms with van der Waals surface area (Å²) >= 11 is 0. The van der Waals surface area contributed by atoms with E-state index in [2.05, 4.69) is 10.4 Å². The van der Waals surface area contributed by atoms with E-state index in [9.17, 15) is 14.4 Å². The Morgan fingerprint density at radius 3 is 2.43 bits per heavy atom. The van der Waals surface area contributed by atoms with Crippen LogP contribution in [0.15, 0.2) is 65.5 Å². The molecule has 1 fully saturated rings. The lowest BCUT2D eigenvalue weighted by Gasteiger charge is -2.16. The van der Waals surface area contributed by atoms with Crippen LogP contribution in [0.4, 0.5) is 5.69 Å². The van der Waals surface area contributed by atoms with Gasteiger partial charge in [0, 0.05) is 37.8 Å². The van der Waals surface area contributed by atoms with Crippen molar-refractivity contribution in [3.05, 3.63) is 71.1 Å². The van der Waals surface area contributed by atoms with Gasteiger partial charge in [-0.25, -0.2) is 9.48 Å². The SMILES string of the molecule is Cn1c(-c2ccccc2)nn(CCNC(=O)C2CC(=O)N(c3ccccc3)C2)c1=O. The highest BCUT2D eigenvalue weighted by molar-refractivity contribution is 6.00. The second-order valence-corrected chi connectivity index (χ2v) is 7.29. The molecule has 1 aliphatic rings. The molecule has 154 valence electrons. The van der Waals surface area contributed by atoms with Gasteiger partial charge in [0.25, 0.3) is 0 Å². The van der Waals surface area contributed by atoms with Crippen LogP contribution >= 0.6 is 0 Å². The molecule has 2 amide bonds. The number of aromatic nitrogens is 3. The summed E-state index contributed by atoms with van der Waals surface area (Å²) in [4.78, 5) is 38.9. The number of hydrogen-bond donors (Lipinski definition) is 1. The van der Waals surface area contributed by atoms with Crippen molar-refractivity contribution in [1.82, 2.24) is 19.7 Å². The molecule has 4 rings (SSSR count). The van der Waals surface area contributed by atoms with Crippen LogP contribution in [-0.2, 0) is 23.2 Å². The summed E-state index contributed by atoms with van der Waals surface area (Å²) in [5.41, 5.74) is 1.41. The first-order chi connectivity index (χ1) is 14.5. The number of carbonyl (C=O) groups is 2. The van der Waals surface area contributed by atoms with Crippen LogP contribution in [0.2, 0.25) is 0 Å². The largest absolute Gasteiger partial charge is 0.354 e. The summed E-state index contributed by atoms with van der Waals surface area (Å²) in [6.07, 6.45) is 0.183. The van der Waals surface area contributed by atoms with Crippen LogP contribution in [0.1, 0.15) is 6.42 Å². The molecule has 8 nitrogen and oxygen atoms in total. The van der Waals surface area contributed by atoms with Gasteiger partial charge in [-0.05, 0) is 12.1 Å². The second-order valence-electron chi connectivity index (χ2n) is 7.29. The molecule has 30 heavy (non-hydrogen) atoms. The van der Waals surface area contributed by atoms with Crippen LogP contribution in [0, 0.1) is 5.92 Å². The van der Waals surface area contributed by atoms with E-state index in [1.165, 1.54) is 9.25 Å². The van der Waals surface area contributed by atoms with Crippen LogP contribution in [0.3, 0.4) is 0 Å². The number of rotatable bonds is 6. The monoisotopic (exact) mass is 405 g/mol. The van der Waals surface area contributed by atoms with Gasteiger partial charge in [-0.15, -0.1) is 5.10 Å². The minimum atomic E-state index is -0.405. The number of nitrogens with zero attached hydrogens (tertiary/aromatic N) is 4. The average Bonchev–Trinajstić information content (AvgIpc) is 3.30. The van der Waals surface area contributed by atoms with Gasteiger partial charge < -0.3 is 10.2 Å². The number of carbonyl (C=O) groups excluding carboxylic acids is 2. The molecule has 2 aromatic carbocycles. The molecule has 3 aromatic rings. The third kappa shape index (κ3) is 3.89. The summed E-state index contributed by atoms with van der Waals surface area (Å²) in [6.45, 7) is 0.880. The zero-order valence-corrected chi connectivity index (χ0v) is 16.7. The van der Waals surface area contributed by atoms with Crippen molar-refractivity contribution in [2.45, 2.75) is 13.0 Å². The van der Waals surface area contributed by atoms with Gasteiger partial charge in [0.2, 0.25) is 11.8 Å². The highest BCUT2D eigenvalue weighted by Gasteiger charge is 2.34. The average molecular weight is 405 g/mol. The maximum Gasteiger partial charge on any atom is 0.345 e. The molecular formula is C22H23N5O3. The van der Waals surface area contributed by atoms with Gasteiger partial charge >= 0.3 is 5.69 Å². The molecule has 1 aliphatic heterocycles. The molecule has 0 spiro atoms. The van der Waals surface area contributed by atoms with Gasteiger partial charge in [-0.2, -0.15) is 0 Å². The minimum absolute atomic E-state index is 0.0604. The molecule has 1 atom stereocenters. The van der Waals surface area contributed by atoms with E-state index < -0.39 is 5.92 Å². The first-order valence-electron chi connectivity index (χ1n) is 9.87. The molecule has 1 unspecified atom stereocenters. The predicted octanol–water partition coefficient (Wildman–Crippen LogP) is 1.42. The normalized spacial score (nSPS) is 16.1. The highest BCUT2D eigenvalue weighted by Crippen LogP contribution is 2.24. The summed E-state index contributed by atoms with van der Waals surface area (Å²) in [7, 11) is 1.68. The lowest BCUT2D eigenvalue weighted by molar-refractivity contribution is -0.126. The van der Waals surface area contributed by atoms with Gasteiger partial charge in [-0.1, -0.05) is 48.5 Å². The lowest BCUT2D eigenvalue weighted by Crippen LogP contribution is -2.36. The Labute approximate surface area is 173 Å². The minimum Gasteiger partial charge on any atom is -0.354 e. The van der Waals surface area contributed by atoms with Gasteiger partial charge in [0.05, 0.1) is 12.5 Å². The highest BCUT2D eigenvalue weighted by atomic mass is 16.2. The zero-order chi connectivity index (χ0) is 21.1. The molecule has 0 saturated carbocycles. The zero-order valence-electron chi connectivity index (χ0n) is 16.7. The van der Waals surface area contributed by atoms with E-state index >= 15 is 0 Å². The first-order valence-corrected chi connectivity index (χ1v) is 9.87. The van der Waals surface area contributed by atoms with Crippen LogP contribution < -0.4 is 15.9 Å². The molecule has 8 heteroatoms. The number of hydrogen-bond acceptors (Lipinski definition) is 4. The second kappa shape index (κ2) is 8.36. The van der Waals surface area contributed by atoms with Crippen molar-refractivity contribution >= 4 is 17.5 Å². The molecule has 1 saturated heterocycles. The van der Waals surface area contributed by atoms with E-state index in [1.807, 2.05) is 60.7 Å². The van der Waals surface area contributed by atoms with Crippen LogP contribution in [0.25, 0.3) is 11.4 Å². The Morgan fingerprint density at radius 1 is 1.07 bits per heavy atom. The van der Waals surface area contributed by atoms with Crippen LogP contribution in [-0.4, -0.2) is 39.3 Å². The molecule has 0 bridgehead atoms. The number of para-hydroxylation sites is 1. The number of amides is 2. The fraction of sp³-hybridized carbons (Fsp3) is 0.273. The maximum absolute atomic E-state index is 12.5. The number of benzene rings is 2. The van der Waals surface area contributed by atoms with Crippen LogP contribution in [0.5, 0.6) is 0 Å². The smallest absolute Gasteiger partial charge is 0.345 e. The fourth-order valence-corrected chi connectivity index (χ4v) is 3.64. The van der Waals surface area contributed by atoms with Crippen molar-refractivity contribution in [3.8, 4) is 11.4 Å². The molecular weight excluding hydrogens is 382 g/mol. The van der Waals surface area contributed by atoms with Crippen molar-refractivity contribution in [1.29, 1.82) is 0 Å². The molecule has 1 N–H and O–H groups in total. The fourth-order valence-electron chi connectivity index (χ4n) is 3.64. The predicted molar refractivity (Wildman–Crippen MR) is 113 cm³/mol. The Morgan fingerprint density at radius 2 is 1.73 bits per heavy atom. The summed E-state index contributed by atoms with van der Waals surface area (Å²) < 4.78 is 2.84. The Hall–Kier alpha value is -3.68. The maximum atomic E-state index is 12.5. The van der Waals surface area contributed by atoms with E-state index in [0.717, 1.165) is 11.3 Å². The standard InChI is InChI=1S/C22H23N5O3/c1-25-20(16-8-4-2-5-9-16)24-27(22(25)30)13-12-23-21(29)17-14-19(28)26(15-17)18-10-6-3-7-11-18/h2-11,17H,12-15H2,1H3,(H,23,29). The van der Waals surface area contributed by atoms with Gasteiger partial charge in [0.1, 0.15) is 0 Å². The van der Waals surface area contributed by atoms with E-state index in [-0.39, 0.29) is 37.0 Å². The third-order valence-electron chi connectivity index (χ3n) is 5.26. The Balaban J connectivity index is 1.36. The van der Waals surface area contributed by atoms with E-state index in [1.54, 1.807) is 11.9 Å². The topological polar surface area (TPSA) is 89.2 Å². The summed E-state index contributed by atoms with van der Waals surface area (Å²) in [6, 6.07) is 18.8. The number of anilines is 1. The molecule has 1 aromatic heterocycles. The van der Waals surface area contributed by atoms with Crippen molar-refractivity contribution in [2.75, 3.05) is 18.0 Å². The number of nitrogens with one attached hydrogen (secondary N) is 1. The third-order valence-corrected chi connectivity index (χ3v) is 5.26. The van der Waals surface area contributed by atoms with Gasteiger partial charge in [-0.3, -0.25) is 14.2 Å². The molecule has 2 heterocycles. The Bertz CT molecular complexity index is 1100. The van der Waals surface area contributed by atoms with Crippen molar-refractivity contribution < 1.29 is 9.59 Å². The van der Waals surface area contributed by atoms with E-state index in [4.69, 9.17) is 0 Å². The Kier molecular flexibility index (Phi) is 5.47.